The molecule has 0 atom stereocenters. The van der Waals surface area contributed by atoms with E-state index in [0.717, 1.165) is 8.95 Å². The van der Waals surface area contributed by atoms with E-state index in [1.807, 2.05) is 0 Å². The summed E-state index contributed by atoms with van der Waals surface area (Å²) >= 11 is 30.9. The summed E-state index contributed by atoms with van der Waals surface area (Å²) in [4.78, 5) is 12.9. The molecule has 0 aliphatic rings. The van der Waals surface area contributed by atoms with E-state index in [0.29, 0.717) is 21.2 Å². The molecule has 0 saturated carbocycles. The molecule has 0 unspecified atom stereocenters. The first-order valence-electron chi connectivity index (χ1n) is 6.45. The second-order valence-corrected chi connectivity index (χ2v) is 7.71. The molecule has 0 fully saturated rings. The van der Waals surface area contributed by atoms with Gasteiger partial charge in [0.2, 0.25) is 0 Å². The van der Waals surface area contributed by atoms with Crippen LogP contribution in [0.1, 0.15) is 11.1 Å². The largest absolute Gasteiger partial charge is 0.288 e. The molecule has 0 aliphatic carbocycles. The van der Waals surface area contributed by atoms with E-state index in [2.05, 4.69) is 31.9 Å². The Morgan fingerprint density at radius 2 is 1.17 bits per heavy atom. The number of Topliss-reactive ketones (excluding diaryl/α,β-unsaturated/α-hetero) is 1. The molecule has 124 valence electrons. The van der Waals surface area contributed by atoms with Crippen molar-refractivity contribution >= 4 is 95.2 Å². The number of hydrogen-bond acceptors (Lipinski definition) is 1. The van der Waals surface area contributed by atoms with Crippen LogP contribution in [0.15, 0.2) is 56.4 Å². The Morgan fingerprint density at radius 3 is 1.46 bits per heavy atom. The average molecular weight is 530 g/mol. The molecule has 2 rings (SSSR count). The van der Waals surface area contributed by atoms with Crippen LogP contribution < -0.4 is 0 Å². The summed E-state index contributed by atoms with van der Waals surface area (Å²) in [5.74, 6) is -0.381. The van der Waals surface area contributed by atoms with Gasteiger partial charge in [-0.1, -0.05) is 90.4 Å². The first-order chi connectivity index (χ1) is 11.4. The average Bonchev–Trinajstić information content (AvgIpc) is 2.52. The van der Waals surface area contributed by atoms with Crippen molar-refractivity contribution in [2.45, 2.75) is 0 Å². The lowest BCUT2D eigenvalue weighted by atomic mass is 9.94. The summed E-state index contributed by atoms with van der Waals surface area (Å²) in [5.41, 5.74) is 3.82. The predicted octanol–water partition coefficient (Wildman–Crippen LogP) is 7.95. The van der Waals surface area contributed by atoms with E-state index in [1.165, 1.54) is 11.1 Å². The predicted molar refractivity (Wildman–Crippen MR) is 111 cm³/mol. The minimum absolute atomic E-state index is 0.222. The number of ketones is 1. The van der Waals surface area contributed by atoms with Crippen LogP contribution in [-0.4, -0.2) is 5.78 Å². The third-order valence-electron chi connectivity index (χ3n) is 3.15. The zero-order valence-corrected chi connectivity index (χ0v) is 18.0. The number of hydrogen-bond donors (Lipinski definition) is 0. The van der Waals surface area contributed by atoms with Crippen molar-refractivity contribution in [3.8, 4) is 0 Å². The van der Waals surface area contributed by atoms with Gasteiger partial charge in [0.15, 0.2) is 5.78 Å². The van der Waals surface area contributed by atoms with Crippen LogP contribution in [0.4, 0.5) is 0 Å². The number of allylic oxidation sites excluding steroid dienone is 2. The lowest BCUT2D eigenvalue weighted by Gasteiger charge is -2.12. The molecule has 0 radical (unpaired) electrons. The van der Waals surface area contributed by atoms with Crippen LogP contribution in [0.2, 0.25) is 10.0 Å². The van der Waals surface area contributed by atoms with E-state index >= 15 is 0 Å². The molecule has 1 nitrogen and oxygen atoms in total. The molecule has 0 spiro atoms. The van der Waals surface area contributed by atoms with E-state index in [9.17, 15) is 4.79 Å². The molecule has 2 aromatic carbocycles. The summed E-state index contributed by atoms with van der Waals surface area (Å²) in [7, 11) is 0. The van der Waals surface area contributed by atoms with Gasteiger partial charge in [-0.25, -0.2) is 0 Å². The van der Waals surface area contributed by atoms with Crippen LogP contribution in [0, 0.1) is 0 Å². The highest BCUT2D eigenvalue weighted by Crippen LogP contribution is 2.35. The fourth-order valence-electron chi connectivity index (χ4n) is 2.02. The van der Waals surface area contributed by atoms with Crippen LogP contribution in [-0.2, 0) is 4.79 Å². The zero-order chi connectivity index (χ0) is 17.9. The van der Waals surface area contributed by atoms with Crippen molar-refractivity contribution in [1.29, 1.82) is 0 Å². The standard InChI is InChI=1S/C17H8Br2Cl4O/c18-9-1-3-11(15(22)5-9)13(7-20)17(24)14(8-21)12-4-2-10(19)6-16(12)23/h1-8H. The maximum atomic E-state index is 12.9. The van der Waals surface area contributed by atoms with Crippen molar-refractivity contribution in [2.75, 3.05) is 0 Å². The molecule has 0 bridgehead atoms. The van der Waals surface area contributed by atoms with E-state index < -0.39 is 0 Å². The fraction of sp³-hybridized carbons (Fsp3) is 0. The quantitative estimate of drug-likeness (QED) is 0.367. The molecule has 2 aromatic rings. The van der Waals surface area contributed by atoms with Gasteiger partial charge in [-0.2, -0.15) is 0 Å². The van der Waals surface area contributed by atoms with Crippen molar-refractivity contribution in [3.05, 3.63) is 77.6 Å². The van der Waals surface area contributed by atoms with Gasteiger partial charge < -0.3 is 0 Å². The highest BCUT2D eigenvalue weighted by molar-refractivity contribution is 9.10. The third-order valence-corrected chi connectivity index (χ3v) is 5.20. The minimum Gasteiger partial charge on any atom is -0.288 e. The van der Waals surface area contributed by atoms with Crippen LogP contribution in [0.3, 0.4) is 0 Å². The van der Waals surface area contributed by atoms with E-state index in [4.69, 9.17) is 46.4 Å². The number of carbonyl (C=O) groups excluding carboxylic acids is 1. The van der Waals surface area contributed by atoms with Crippen molar-refractivity contribution in [1.82, 2.24) is 0 Å². The Hall–Kier alpha value is -0.290. The fourth-order valence-corrected chi connectivity index (χ4v) is 4.01. The van der Waals surface area contributed by atoms with Crippen LogP contribution in [0.25, 0.3) is 11.1 Å². The third kappa shape index (κ3) is 4.46. The van der Waals surface area contributed by atoms with Gasteiger partial charge in [0, 0.05) is 52.3 Å². The van der Waals surface area contributed by atoms with Gasteiger partial charge in [-0.3, -0.25) is 4.79 Å². The maximum absolute atomic E-state index is 12.9. The monoisotopic (exact) mass is 526 g/mol. The molecule has 24 heavy (non-hydrogen) atoms. The maximum Gasteiger partial charge on any atom is 0.196 e. The first-order valence-corrected chi connectivity index (χ1v) is 9.66. The summed E-state index contributed by atoms with van der Waals surface area (Å²) in [5, 5.41) is 0.779. The molecule has 0 aliphatic heterocycles. The molecule has 0 saturated heterocycles. The van der Waals surface area contributed by atoms with Crippen molar-refractivity contribution < 1.29 is 4.79 Å². The zero-order valence-electron chi connectivity index (χ0n) is 11.8. The molecular weight excluding hydrogens is 522 g/mol. The number of halogens is 6. The second-order valence-electron chi connectivity index (χ2n) is 4.62. The molecule has 0 N–H and O–H groups in total. The Balaban J connectivity index is 2.50. The summed E-state index contributed by atoms with van der Waals surface area (Å²) in [6.07, 6.45) is 0. The van der Waals surface area contributed by atoms with Crippen LogP contribution in [0.5, 0.6) is 0 Å². The topological polar surface area (TPSA) is 17.1 Å². The van der Waals surface area contributed by atoms with Gasteiger partial charge in [0.25, 0.3) is 0 Å². The van der Waals surface area contributed by atoms with E-state index in [-0.39, 0.29) is 16.9 Å². The summed E-state index contributed by atoms with van der Waals surface area (Å²) in [6.45, 7) is 0. The highest BCUT2D eigenvalue weighted by atomic mass is 79.9. The minimum atomic E-state index is -0.381. The smallest absolute Gasteiger partial charge is 0.196 e. The number of carbonyl (C=O) groups is 1. The normalized spacial score (nSPS) is 12.4. The second kappa shape index (κ2) is 8.88. The van der Waals surface area contributed by atoms with Crippen LogP contribution >= 0.6 is 78.3 Å². The van der Waals surface area contributed by atoms with Gasteiger partial charge in [0.05, 0.1) is 0 Å². The Bertz CT molecular complexity index is 790. The summed E-state index contributed by atoms with van der Waals surface area (Å²) < 4.78 is 1.59. The molecule has 7 heteroatoms. The van der Waals surface area contributed by atoms with Gasteiger partial charge in [0.1, 0.15) is 0 Å². The molecular formula is C17H8Br2Cl4O. The lowest BCUT2D eigenvalue weighted by molar-refractivity contribution is -0.108. The molecule has 0 heterocycles. The Morgan fingerprint density at radius 1 is 0.792 bits per heavy atom. The van der Waals surface area contributed by atoms with Gasteiger partial charge in [-0.15, -0.1) is 0 Å². The lowest BCUT2D eigenvalue weighted by Crippen LogP contribution is -2.05. The van der Waals surface area contributed by atoms with E-state index in [1.54, 1.807) is 36.4 Å². The Kier molecular flexibility index (Phi) is 7.41. The highest BCUT2D eigenvalue weighted by Gasteiger charge is 2.22. The Labute approximate surface area is 176 Å². The molecule has 0 aromatic heterocycles. The van der Waals surface area contributed by atoms with Gasteiger partial charge in [-0.05, 0) is 24.3 Å². The number of benzene rings is 2. The van der Waals surface area contributed by atoms with Gasteiger partial charge >= 0.3 is 0 Å². The molecule has 0 amide bonds. The first kappa shape index (κ1) is 20.0. The number of rotatable bonds is 4. The summed E-state index contributed by atoms with van der Waals surface area (Å²) in [6, 6.07) is 10.3. The van der Waals surface area contributed by atoms with Crippen molar-refractivity contribution in [2.24, 2.45) is 0 Å². The van der Waals surface area contributed by atoms with Crippen molar-refractivity contribution in [3.63, 3.8) is 0 Å². The SMILES string of the molecule is O=C(C(=CCl)c1ccc(Br)cc1Cl)C(=CCl)c1ccc(Br)cc1Cl.